The van der Waals surface area contributed by atoms with Crippen LogP contribution in [0.1, 0.15) is 13.8 Å². The Bertz CT molecular complexity index is 131. The normalized spacial score (nSPS) is 13.9. The first-order valence-corrected chi connectivity index (χ1v) is 5.03. The number of hydrogen-bond acceptors (Lipinski definition) is 4. The van der Waals surface area contributed by atoms with Crippen LogP contribution in [-0.4, -0.2) is 62.7 Å². The summed E-state index contributed by atoms with van der Waals surface area (Å²) in [7, 11) is 3.55. The van der Waals surface area contributed by atoms with Crippen LogP contribution in [0.5, 0.6) is 0 Å². The summed E-state index contributed by atoms with van der Waals surface area (Å²) in [6.07, 6.45) is -0.142. The number of methoxy groups -OCH3 is 1. The Morgan fingerprint density at radius 3 is 2.50 bits per heavy atom. The predicted molar refractivity (Wildman–Crippen MR) is 56.5 cm³/mol. The first-order valence-electron chi connectivity index (χ1n) is 5.03. The summed E-state index contributed by atoms with van der Waals surface area (Å²) in [5.74, 6) is 0. The second-order valence-corrected chi connectivity index (χ2v) is 3.79. The van der Waals surface area contributed by atoms with Crippen molar-refractivity contribution in [1.82, 2.24) is 4.90 Å². The van der Waals surface area contributed by atoms with Crippen molar-refractivity contribution in [3.05, 3.63) is 0 Å². The number of likely N-dealkylation sites (N-methyl/N-ethyl adjacent to an activating group) is 1. The lowest BCUT2D eigenvalue weighted by molar-refractivity contribution is 0.0264. The zero-order valence-electron chi connectivity index (χ0n) is 9.69. The van der Waals surface area contributed by atoms with Gasteiger partial charge in [0.25, 0.3) is 0 Å². The fourth-order valence-electron chi connectivity index (χ4n) is 1.14. The van der Waals surface area contributed by atoms with Crippen molar-refractivity contribution in [2.75, 3.05) is 40.5 Å². The van der Waals surface area contributed by atoms with Gasteiger partial charge < -0.3 is 19.5 Å². The highest BCUT2D eigenvalue weighted by Crippen LogP contribution is 1.92. The molecule has 0 spiro atoms. The minimum Gasteiger partial charge on any atom is -0.389 e. The fraction of sp³-hybridized carbons (Fsp3) is 1.00. The van der Waals surface area contributed by atoms with Gasteiger partial charge in [-0.15, -0.1) is 0 Å². The second-order valence-electron chi connectivity index (χ2n) is 3.79. The molecule has 0 aliphatic rings. The molecule has 1 atom stereocenters. The van der Waals surface area contributed by atoms with Gasteiger partial charge in [-0.1, -0.05) is 0 Å². The molecule has 0 amide bonds. The van der Waals surface area contributed by atoms with E-state index in [2.05, 4.69) is 0 Å². The summed E-state index contributed by atoms with van der Waals surface area (Å²) < 4.78 is 10.2. The molecule has 0 aliphatic carbocycles. The van der Waals surface area contributed by atoms with Crippen LogP contribution >= 0.6 is 0 Å². The summed E-state index contributed by atoms with van der Waals surface area (Å²) in [5.41, 5.74) is 0. The monoisotopic (exact) mass is 205 g/mol. The summed E-state index contributed by atoms with van der Waals surface area (Å²) in [4.78, 5) is 2.03. The molecule has 4 heteroatoms. The number of rotatable bonds is 8. The molecule has 0 aliphatic heterocycles. The van der Waals surface area contributed by atoms with Crippen LogP contribution in [0, 0.1) is 0 Å². The molecule has 86 valence electrons. The van der Waals surface area contributed by atoms with Crippen molar-refractivity contribution in [2.24, 2.45) is 0 Å². The molecule has 14 heavy (non-hydrogen) atoms. The van der Waals surface area contributed by atoms with Gasteiger partial charge in [-0.25, -0.2) is 0 Å². The van der Waals surface area contributed by atoms with Crippen LogP contribution in [-0.2, 0) is 9.47 Å². The van der Waals surface area contributed by atoms with E-state index in [0.29, 0.717) is 19.8 Å². The Hall–Kier alpha value is -0.160. The predicted octanol–water partition coefficient (Wildman–Crippen LogP) is 0.351. The summed E-state index contributed by atoms with van der Waals surface area (Å²) in [5, 5.41) is 9.42. The smallest absolute Gasteiger partial charge is 0.0899 e. The highest BCUT2D eigenvalue weighted by Gasteiger charge is 2.07. The lowest BCUT2D eigenvalue weighted by Crippen LogP contribution is -2.34. The van der Waals surface area contributed by atoms with Crippen molar-refractivity contribution in [3.8, 4) is 0 Å². The number of aliphatic hydroxyl groups is 1. The molecular formula is C10H23NO3. The van der Waals surface area contributed by atoms with Crippen LogP contribution in [0.15, 0.2) is 0 Å². The minimum absolute atomic E-state index is 0.271. The maximum atomic E-state index is 9.42. The molecule has 0 heterocycles. The van der Waals surface area contributed by atoms with Crippen LogP contribution < -0.4 is 0 Å². The average Bonchev–Trinajstić information content (AvgIpc) is 2.03. The third kappa shape index (κ3) is 8.44. The number of hydrogen-bond donors (Lipinski definition) is 1. The second kappa shape index (κ2) is 8.17. The van der Waals surface area contributed by atoms with Crippen LogP contribution in [0.4, 0.5) is 0 Å². The minimum atomic E-state index is -0.413. The lowest BCUT2D eigenvalue weighted by atomic mass is 10.3. The van der Waals surface area contributed by atoms with Crippen molar-refractivity contribution in [2.45, 2.75) is 26.1 Å². The molecule has 0 aromatic carbocycles. The highest BCUT2D eigenvalue weighted by atomic mass is 16.5. The van der Waals surface area contributed by atoms with Crippen LogP contribution in [0.3, 0.4) is 0 Å². The topological polar surface area (TPSA) is 41.9 Å². The van der Waals surface area contributed by atoms with Gasteiger partial charge in [0, 0.05) is 20.2 Å². The summed E-state index contributed by atoms with van der Waals surface area (Å²) in [6, 6.07) is 0. The Balaban J connectivity index is 3.39. The quantitative estimate of drug-likeness (QED) is 0.621. The molecular weight excluding hydrogens is 182 g/mol. The first kappa shape index (κ1) is 13.8. The van der Waals surface area contributed by atoms with E-state index in [1.807, 2.05) is 25.8 Å². The van der Waals surface area contributed by atoms with E-state index in [0.717, 1.165) is 6.54 Å². The van der Waals surface area contributed by atoms with Gasteiger partial charge in [0.15, 0.2) is 0 Å². The summed E-state index contributed by atoms with van der Waals surface area (Å²) in [6.45, 7) is 6.57. The Kier molecular flexibility index (Phi) is 8.08. The lowest BCUT2D eigenvalue weighted by Gasteiger charge is -2.20. The zero-order valence-corrected chi connectivity index (χ0v) is 9.69. The van der Waals surface area contributed by atoms with Crippen molar-refractivity contribution >= 4 is 0 Å². The molecule has 0 saturated heterocycles. The molecule has 4 nitrogen and oxygen atoms in total. The Labute approximate surface area is 86.8 Å². The van der Waals surface area contributed by atoms with E-state index in [9.17, 15) is 5.11 Å². The zero-order chi connectivity index (χ0) is 11.0. The van der Waals surface area contributed by atoms with Crippen LogP contribution in [0.2, 0.25) is 0 Å². The maximum Gasteiger partial charge on any atom is 0.0899 e. The Morgan fingerprint density at radius 1 is 1.36 bits per heavy atom. The average molecular weight is 205 g/mol. The van der Waals surface area contributed by atoms with Crippen molar-refractivity contribution in [1.29, 1.82) is 0 Å². The van der Waals surface area contributed by atoms with E-state index in [1.54, 1.807) is 7.11 Å². The summed E-state index contributed by atoms with van der Waals surface area (Å²) >= 11 is 0. The molecule has 0 rings (SSSR count). The number of ether oxygens (including phenoxy) is 2. The molecule has 1 unspecified atom stereocenters. The van der Waals surface area contributed by atoms with Crippen molar-refractivity contribution in [3.63, 3.8) is 0 Å². The molecule has 0 saturated carbocycles. The van der Waals surface area contributed by atoms with Gasteiger partial charge in [-0.3, -0.25) is 0 Å². The largest absolute Gasteiger partial charge is 0.389 e. The van der Waals surface area contributed by atoms with E-state index < -0.39 is 6.10 Å². The van der Waals surface area contributed by atoms with Gasteiger partial charge >= 0.3 is 0 Å². The van der Waals surface area contributed by atoms with E-state index in [1.165, 1.54) is 0 Å². The molecule has 0 bridgehead atoms. The Morgan fingerprint density at radius 2 is 2.00 bits per heavy atom. The standard InChI is InChI=1S/C10H23NO3/c1-9(2)14-6-5-11(3)7-10(12)8-13-4/h9-10,12H,5-8H2,1-4H3. The number of nitrogens with zero attached hydrogens (tertiary/aromatic N) is 1. The first-order chi connectivity index (χ1) is 6.56. The van der Waals surface area contributed by atoms with Gasteiger partial charge in [0.2, 0.25) is 0 Å². The molecule has 1 N–H and O–H groups in total. The van der Waals surface area contributed by atoms with Gasteiger partial charge in [0.05, 0.1) is 25.4 Å². The molecule has 0 aromatic heterocycles. The highest BCUT2D eigenvalue weighted by molar-refractivity contribution is 4.60. The van der Waals surface area contributed by atoms with Gasteiger partial charge in [-0.2, -0.15) is 0 Å². The molecule has 0 aromatic rings. The van der Waals surface area contributed by atoms with Crippen molar-refractivity contribution < 1.29 is 14.6 Å². The maximum absolute atomic E-state index is 9.42. The third-order valence-corrected chi connectivity index (χ3v) is 1.81. The molecule has 0 fully saturated rings. The van der Waals surface area contributed by atoms with E-state index >= 15 is 0 Å². The van der Waals surface area contributed by atoms with E-state index in [4.69, 9.17) is 9.47 Å². The SMILES string of the molecule is COCC(O)CN(C)CCOC(C)C. The van der Waals surface area contributed by atoms with Crippen LogP contribution in [0.25, 0.3) is 0 Å². The van der Waals surface area contributed by atoms with Gasteiger partial charge in [-0.05, 0) is 20.9 Å². The fourth-order valence-corrected chi connectivity index (χ4v) is 1.14. The van der Waals surface area contributed by atoms with Gasteiger partial charge in [0.1, 0.15) is 0 Å². The molecule has 0 radical (unpaired) electrons. The van der Waals surface area contributed by atoms with E-state index in [-0.39, 0.29) is 6.10 Å². The third-order valence-electron chi connectivity index (χ3n) is 1.81. The number of aliphatic hydroxyl groups excluding tert-OH is 1.